The highest BCUT2D eigenvalue weighted by atomic mass is 16.5. The van der Waals surface area contributed by atoms with Crippen LogP contribution in [0.2, 0.25) is 0 Å². The summed E-state index contributed by atoms with van der Waals surface area (Å²) in [5.41, 5.74) is 5.49. The second-order valence-electron chi connectivity index (χ2n) is 6.48. The quantitative estimate of drug-likeness (QED) is 0.402. The Morgan fingerprint density at radius 1 is 0.821 bits per heavy atom. The fraction of sp³-hybridized carbons (Fsp3) is 0.0769. The third-order valence-electron chi connectivity index (χ3n) is 4.48. The Bertz CT molecular complexity index is 1080. The van der Waals surface area contributed by atoms with E-state index in [0.717, 1.165) is 29.0 Å². The van der Waals surface area contributed by atoms with Gasteiger partial charge in [0, 0.05) is 11.1 Å². The molecule has 0 N–H and O–H groups in total. The molecule has 0 aromatic heterocycles. The second kappa shape index (κ2) is 8.33. The van der Waals surface area contributed by atoms with E-state index in [1.807, 2.05) is 60.9 Å². The van der Waals surface area contributed by atoms with Gasteiger partial charge < -0.3 is 9.47 Å². The van der Waals surface area contributed by atoms with Crippen LogP contribution < -0.4 is 4.74 Å². The summed E-state index contributed by atoms with van der Waals surface area (Å²) >= 11 is 0. The summed E-state index contributed by atoms with van der Waals surface area (Å²) < 4.78 is 11.0. The summed E-state index contributed by atoms with van der Waals surface area (Å²) in [7, 11) is 1.68. The van der Waals surface area contributed by atoms with Gasteiger partial charge >= 0.3 is 0 Å². The van der Waals surface area contributed by atoms with Gasteiger partial charge in [0.25, 0.3) is 0 Å². The Morgan fingerprint density at radius 3 is 2.32 bits per heavy atom. The van der Waals surface area contributed by atoms with Crippen molar-refractivity contribution in [3.8, 4) is 23.3 Å². The van der Waals surface area contributed by atoms with Crippen LogP contribution in [0.15, 0.2) is 85.1 Å². The van der Waals surface area contributed by atoms with Gasteiger partial charge in [0.15, 0.2) is 0 Å². The van der Waals surface area contributed by atoms with E-state index in [9.17, 15) is 0 Å². The molecule has 0 radical (unpaired) electrons. The van der Waals surface area contributed by atoms with Crippen LogP contribution in [0.5, 0.6) is 11.5 Å². The Hall–Kier alpha value is -3.70. The zero-order valence-corrected chi connectivity index (χ0v) is 15.7. The first-order valence-electron chi connectivity index (χ1n) is 9.19. The molecule has 0 bridgehead atoms. The van der Waals surface area contributed by atoms with Crippen molar-refractivity contribution in [3.05, 3.63) is 107 Å². The van der Waals surface area contributed by atoms with E-state index in [1.54, 1.807) is 7.11 Å². The average Bonchev–Trinajstić information content (AvgIpc) is 2.74. The van der Waals surface area contributed by atoms with Crippen LogP contribution in [-0.4, -0.2) is 7.11 Å². The van der Waals surface area contributed by atoms with E-state index in [2.05, 4.69) is 42.2 Å². The Morgan fingerprint density at radius 2 is 1.54 bits per heavy atom. The molecule has 0 unspecified atom stereocenters. The molecule has 2 nitrogen and oxygen atoms in total. The maximum atomic E-state index is 5.82. The molecule has 0 saturated carbocycles. The van der Waals surface area contributed by atoms with Crippen molar-refractivity contribution in [1.82, 2.24) is 0 Å². The Balaban J connectivity index is 1.52. The molecule has 0 amide bonds. The molecule has 3 aromatic rings. The maximum absolute atomic E-state index is 5.82. The van der Waals surface area contributed by atoms with E-state index in [1.165, 1.54) is 16.7 Å². The van der Waals surface area contributed by atoms with E-state index < -0.39 is 0 Å². The number of ether oxygens (including phenoxy) is 2. The zero-order chi connectivity index (χ0) is 19.2. The normalized spacial score (nSPS) is 13.4. The SMILES string of the molecule is COC=C1CC=Cc2ccc(C#Cc3ccc(Oc4ccccc4)cc3)cc21. The molecular formula is C26H20O2. The van der Waals surface area contributed by atoms with Gasteiger partial charge in [-0.2, -0.15) is 0 Å². The molecule has 136 valence electrons. The van der Waals surface area contributed by atoms with Crippen LogP contribution in [-0.2, 0) is 4.74 Å². The monoisotopic (exact) mass is 364 g/mol. The lowest BCUT2D eigenvalue weighted by Gasteiger charge is -2.14. The van der Waals surface area contributed by atoms with Crippen molar-refractivity contribution in [2.75, 3.05) is 7.11 Å². The number of allylic oxidation sites excluding steroid dienone is 2. The molecule has 0 spiro atoms. The largest absolute Gasteiger partial charge is 0.504 e. The summed E-state index contributed by atoms with van der Waals surface area (Å²) in [4.78, 5) is 0. The number of para-hydroxylation sites is 1. The van der Waals surface area contributed by atoms with Crippen LogP contribution in [0, 0.1) is 11.8 Å². The number of fused-ring (bicyclic) bond motifs is 1. The fourth-order valence-corrected chi connectivity index (χ4v) is 3.11. The number of benzene rings is 3. The van der Waals surface area contributed by atoms with Gasteiger partial charge in [-0.1, -0.05) is 48.3 Å². The number of rotatable bonds is 3. The standard InChI is InChI=1S/C26H20O2/c1-27-19-23-7-5-6-22-15-12-21(18-26(22)23)11-10-20-13-16-25(17-14-20)28-24-8-3-2-4-9-24/h2-6,8-9,12-19H,7H2,1H3. The molecule has 0 fully saturated rings. The summed E-state index contributed by atoms with van der Waals surface area (Å²) in [6.07, 6.45) is 6.98. The van der Waals surface area contributed by atoms with Crippen LogP contribution in [0.1, 0.15) is 28.7 Å². The lowest BCUT2D eigenvalue weighted by Crippen LogP contribution is -1.95. The van der Waals surface area contributed by atoms with Crippen LogP contribution in [0.3, 0.4) is 0 Å². The van der Waals surface area contributed by atoms with Crippen LogP contribution in [0.4, 0.5) is 0 Å². The van der Waals surface area contributed by atoms with Crippen molar-refractivity contribution in [2.24, 2.45) is 0 Å². The second-order valence-corrected chi connectivity index (χ2v) is 6.48. The lowest BCUT2D eigenvalue weighted by atomic mass is 9.91. The van der Waals surface area contributed by atoms with Gasteiger partial charge in [0.2, 0.25) is 0 Å². The molecule has 0 aliphatic heterocycles. The van der Waals surface area contributed by atoms with E-state index in [0.29, 0.717) is 0 Å². The Labute approximate surface area is 165 Å². The van der Waals surface area contributed by atoms with Gasteiger partial charge in [-0.05, 0) is 71.7 Å². The highest BCUT2D eigenvalue weighted by Gasteiger charge is 2.10. The number of hydrogen-bond donors (Lipinski definition) is 0. The van der Waals surface area contributed by atoms with Crippen molar-refractivity contribution in [3.63, 3.8) is 0 Å². The minimum absolute atomic E-state index is 0.798. The minimum Gasteiger partial charge on any atom is -0.504 e. The molecule has 2 heteroatoms. The average molecular weight is 364 g/mol. The molecule has 0 heterocycles. The highest BCUT2D eigenvalue weighted by Crippen LogP contribution is 2.29. The molecule has 1 aliphatic carbocycles. The zero-order valence-electron chi connectivity index (χ0n) is 15.7. The van der Waals surface area contributed by atoms with Crippen molar-refractivity contribution >= 4 is 11.6 Å². The molecule has 28 heavy (non-hydrogen) atoms. The first kappa shape index (κ1) is 17.7. The van der Waals surface area contributed by atoms with Crippen molar-refractivity contribution < 1.29 is 9.47 Å². The van der Waals surface area contributed by atoms with E-state index in [4.69, 9.17) is 9.47 Å². The van der Waals surface area contributed by atoms with Gasteiger partial charge in [0.05, 0.1) is 13.4 Å². The van der Waals surface area contributed by atoms with Gasteiger partial charge in [-0.25, -0.2) is 0 Å². The first-order chi connectivity index (χ1) is 13.8. The smallest absolute Gasteiger partial charge is 0.127 e. The predicted octanol–water partition coefficient (Wildman–Crippen LogP) is 6.28. The van der Waals surface area contributed by atoms with Crippen LogP contribution >= 0.6 is 0 Å². The first-order valence-corrected chi connectivity index (χ1v) is 9.19. The molecule has 0 saturated heterocycles. The third kappa shape index (κ3) is 4.16. The van der Waals surface area contributed by atoms with E-state index in [-0.39, 0.29) is 0 Å². The number of methoxy groups -OCH3 is 1. The summed E-state index contributed by atoms with van der Waals surface area (Å²) in [5, 5.41) is 0. The molecule has 4 rings (SSSR count). The third-order valence-corrected chi connectivity index (χ3v) is 4.48. The lowest BCUT2D eigenvalue weighted by molar-refractivity contribution is 0.339. The predicted molar refractivity (Wildman–Crippen MR) is 114 cm³/mol. The summed E-state index contributed by atoms with van der Waals surface area (Å²) in [6.45, 7) is 0. The fourth-order valence-electron chi connectivity index (χ4n) is 3.11. The Kier molecular flexibility index (Phi) is 5.26. The summed E-state index contributed by atoms with van der Waals surface area (Å²) in [6, 6.07) is 23.9. The number of hydrogen-bond acceptors (Lipinski definition) is 2. The molecule has 1 aliphatic rings. The topological polar surface area (TPSA) is 18.5 Å². The van der Waals surface area contributed by atoms with Gasteiger partial charge in [-0.15, -0.1) is 0 Å². The highest BCUT2D eigenvalue weighted by molar-refractivity contribution is 5.79. The summed E-state index contributed by atoms with van der Waals surface area (Å²) in [5.74, 6) is 8.11. The molecule has 3 aromatic carbocycles. The van der Waals surface area contributed by atoms with E-state index >= 15 is 0 Å². The molecular weight excluding hydrogens is 344 g/mol. The van der Waals surface area contributed by atoms with Gasteiger partial charge in [-0.3, -0.25) is 0 Å². The van der Waals surface area contributed by atoms with Crippen LogP contribution in [0.25, 0.3) is 11.6 Å². The molecule has 0 atom stereocenters. The maximum Gasteiger partial charge on any atom is 0.127 e. The van der Waals surface area contributed by atoms with Gasteiger partial charge in [0.1, 0.15) is 11.5 Å². The van der Waals surface area contributed by atoms with Crippen molar-refractivity contribution in [2.45, 2.75) is 6.42 Å². The van der Waals surface area contributed by atoms with Crippen molar-refractivity contribution in [1.29, 1.82) is 0 Å². The minimum atomic E-state index is 0.798.